The average Bonchev–Trinajstić information content (AvgIpc) is 2.52. The van der Waals surface area contributed by atoms with Crippen molar-refractivity contribution in [3.8, 4) is 0 Å². The van der Waals surface area contributed by atoms with E-state index in [0.717, 1.165) is 30.8 Å². The van der Waals surface area contributed by atoms with Crippen LogP contribution >= 0.6 is 0 Å². The van der Waals surface area contributed by atoms with E-state index >= 15 is 0 Å². The zero-order valence-electron chi connectivity index (χ0n) is 15.2. The number of hydrogen-bond acceptors (Lipinski definition) is 3. The number of H-pyrrole nitrogens is 1. The Kier molecular flexibility index (Phi) is 6.43. The van der Waals surface area contributed by atoms with Crippen molar-refractivity contribution in [1.82, 2.24) is 20.5 Å². The maximum Gasteiger partial charge on any atom is 0.315 e. The van der Waals surface area contributed by atoms with Crippen LogP contribution in [0, 0.1) is 19.8 Å². The van der Waals surface area contributed by atoms with Crippen molar-refractivity contribution < 1.29 is 4.79 Å². The van der Waals surface area contributed by atoms with E-state index in [9.17, 15) is 9.59 Å². The summed E-state index contributed by atoms with van der Waals surface area (Å²) in [5.74, 6) is 0.497. The summed E-state index contributed by atoms with van der Waals surface area (Å²) in [6, 6.07) is 2.26. The van der Waals surface area contributed by atoms with Crippen molar-refractivity contribution in [2.24, 2.45) is 5.92 Å². The zero-order valence-corrected chi connectivity index (χ0v) is 15.2. The molecule has 6 nitrogen and oxygen atoms in total. The molecule has 0 bridgehead atoms. The minimum Gasteiger partial charge on any atom is -0.338 e. The molecule has 1 saturated heterocycles. The first-order valence-electron chi connectivity index (χ1n) is 8.82. The van der Waals surface area contributed by atoms with Crippen LogP contribution in [0.4, 0.5) is 4.79 Å². The van der Waals surface area contributed by atoms with Crippen LogP contribution < -0.4 is 16.2 Å². The van der Waals surface area contributed by atoms with Gasteiger partial charge in [-0.1, -0.05) is 0 Å². The summed E-state index contributed by atoms with van der Waals surface area (Å²) in [4.78, 5) is 29.2. The molecule has 1 aromatic rings. The molecule has 24 heavy (non-hydrogen) atoms. The number of carbonyl (C=O) groups is 1. The number of carbonyl (C=O) groups excluding carboxylic acids is 1. The van der Waals surface area contributed by atoms with Crippen LogP contribution in [0.3, 0.4) is 0 Å². The number of piperidine rings is 1. The maximum absolute atomic E-state index is 12.0. The zero-order chi connectivity index (χ0) is 17.7. The molecule has 0 aliphatic carbocycles. The van der Waals surface area contributed by atoms with E-state index in [1.165, 1.54) is 6.42 Å². The van der Waals surface area contributed by atoms with Crippen LogP contribution in [0.2, 0.25) is 0 Å². The van der Waals surface area contributed by atoms with Gasteiger partial charge < -0.3 is 20.5 Å². The van der Waals surface area contributed by atoms with E-state index in [1.54, 1.807) is 0 Å². The molecule has 1 atom stereocenters. The van der Waals surface area contributed by atoms with Gasteiger partial charge in [0.25, 0.3) is 5.56 Å². The Morgan fingerprint density at radius 1 is 1.38 bits per heavy atom. The van der Waals surface area contributed by atoms with Gasteiger partial charge >= 0.3 is 6.03 Å². The van der Waals surface area contributed by atoms with Gasteiger partial charge in [-0.3, -0.25) is 4.79 Å². The fourth-order valence-corrected chi connectivity index (χ4v) is 3.30. The standard InChI is InChI=1S/C18H30N4O2/c1-12(2)22-7-5-6-15(11-22)9-19-18(24)20-10-16-13(3)8-14(4)21-17(16)23/h8,12,15H,5-7,9-11H2,1-4H3,(H,21,23)(H2,19,20,24). The number of aromatic nitrogens is 1. The van der Waals surface area contributed by atoms with Crippen LogP contribution in [0.15, 0.2) is 10.9 Å². The van der Waals surface area contributed by atoms with Gasteiger partial charge in [0.15, 0.2) is 0 Å². The van der Waals surface area contributed by atoms with Gasteiger partial charge in [-0.2, -0.15) is 0 Å². The highest BCUT2D eigenvalue weighted by molar-refractivity contribution is 5.73. The first kappa shape index (κ1) is 18.5. The lowest BCUT2D eigenvalue weighted by molar-refractivity contribution is 0.139. The smallest absolute Gasteiger partial charge is 0.315 e. The van der Waals surface area contributed by atoms with Gasteiger partial charge in [-0.15, -0.1) is 0 Å². The number of aryl methyl sites for hydroxylation is 2. The Labute approximate surface area is 144 Å². The van der Waals surface area contributed by atoms with Crippen molar-refractivity contribution in [3.05, 3.63) is 33.2 Å². The van der Waals surface area contributed by atoms with E-state index in [4.69, 9.17) is 0 Å². The van der Waals surface area contributed by atoms with Crippen LogP contribution in [0.1, 0.15) is 43.5 Å². The summed E-state index contributed by atoms with van der Waals surface area (Å²) in [5, 5.41) is 5.73. The molecular formula is C18H30N4O2. The fraction of sp³-hybridized carbons (Fsp3) is 0.667. The van der Waals surface area contributed by atoms with E-state index in [2.05, 4.69) is 34.4 Å². The van der Waals surface area contributed by atoms with E-state index in [0.29, 0.717) is 24.1 Å². The molecule has 0 aromatic carbocycles. The van der Waals surface area contributed by atoms with Crippen LogP contribution in [0.25, 0.3) is 0 Å². The van der Waals surface area contributed by atoms with Crippen LogP contribution in [0.5, 0.6) is 0 Å². The molecule has 1 unspecified atom stereocenters. The lowest BCUT2D eigenvalue weighted by atomic mass is 9.97. The van der Waals surface area contributed by atoms with Crippen LogP contribution in [-0.4, -0.2) is 41.6 Å². The Morgan fingerprint density at radius 3 is 2.79 bits per heavy atom. The molecule has 0 radical (unpaired) electrons. The highest BCUT2D eigenvalue weighted by Gasteiger charge is 2.21. The highest BCUT2D eigenvalue weighted by atomic mass is 16.2. The first-order valence-corrected chi connectivity index (χ1v) is 8.82. The molecule has 2 rings (SSSR count). The largest absolute Gasteiger partial charge is 0.338 e. The number of nitrogens with zero attached hydrogens (tertiary/aromatic N) is 1. The molecule has 1 aliphatic rings. The maximum atomic E-state index is 12.0. The number of urea groups is 1. The summed E-state index contributed by atoms with van der Waals surface area (Å²) in [7, 11) is 0. The monoisotopic (exact) mass is 334 g/mol. The van der Waals surface area contributed by atoms with E-state index < -0.39 is 0 Å². The fourth-order valence-electron chi connectivity index (χ4n) is 3.30. The number of nitrogens with one attached hydrogen (secondary N) is 3. The molecule has 0 spiro atoms. The molecule has 134 valence electrons. The summed E-state index contributed by atoms with van der Waals surface area (Å²) < 4.78 is 0. The van der Waals surface area contributed by atoms with Crippen molar-refractivity contribution >= 4 is 6.03 Å². The molecular weight excluding hydrogens is 304 g/mol. The minimum absolute atomic E-state index is 0.132. The Hall–Kier alpha value is -1.82. The molecule has 1 fully saturated rings. The third-order valence-corrected chi connectivity index (χ3v) is 4.75. The number of pyridine rings is 1. The highest BCUT2D eigenvalue weighted by Crippen LogP contribution is 2.17. The number of amides is 2. The summed E-state index contributed by atoms with van der Waals surface area (Å²) >= 11 is 0. The number of aromatic amines is 1. The second-order valence-corrected chi connectivity index (χ2v) is 7.10. The number of likely N-dealkylation sites (tertiary alicyclic amines) is 1. The predicted octanol–water partition coefficient (Wildman–Crippen LogP) is 1.91. The first-order chi connectivity index (χ1) is 11.4. The van der Waals surface area contributed by atoms with Crippen molar-refractivity contribution in [2.45, 2.75) is 53.1 Å². The lowest BCUT2D eigenvalue weighted by Gasteiger charge is -2.35. The molecule has 1 aliphatic heterocycles. The van der Waals surface area contributed by atoms with Gasteiger partial charge in [0.05, 0.1) is 6.54 Å². The molecule has 3 N–H and O–H groups in total. The van der Waals surface area contributed by atoms with Gasteiger partial charge in [-0.25, -0.2) is 4.79 Å². The Morgan fingerprint density at radius 2 is 2.12 bits per heavy atom. The summed E-state index contributed by atoms with van der Waals surface area (Å²) in [6.07, 6.45) is 2.34. The van der Waals surface area contributed by atoms with E-state index in [1.807, 2.05) is 19.9 Å². The van der Waals surface area contributed by atoms with E-state index in [-0.39, 0.29) is 18.1 Å². The summed E-state index contributed by atoms with van der Waals surface area (Å²) in [6.45, 7) is 11.3. The van der Waals surface area contributed by atoms with Crippen molar-refractivity contribution in [1.29, 1.82) is 0 Å². The quantitative estimate of drug-likeness (QED) is 0.770. The number of hydrogen-bond donors (Lipinski definition) is 3. The topological polar surface area (TPSA) is 77.2 Å². The van der Waals surface area contributed by atoms with Crippen molar-refractivity contribution in [3.63, 3.8) is 0 Å². The second-order valence-electron chi connectivity index (χ2n) is 7.10. The SMILES string of the molecule is Cc1cc(C)c(CNC(=O)NCC2CCCN(C(C)C)C2)c(=O)[nH]1. The van der Waals surface area contributed by atoms with Gasteiger partial charge in [0.2, 0.25) is 0 Å². The van der Waals surface area contributed by atoms with Gasteiger partial charge in [0, 0.05) is 30.4 Å². The third kappa shape index (κ3) is 5.09. The lowest BCUT2D eigenvalue weighted by Crippen LogP contribution is -2.45. The molecule has 2 amide bonds. The normalized spacial score (nSPS) is 18.6. The van der Waals surface area contributed by atoms with Gasteiger partial charge in [0.1, 0.15) is 0 Å². The Bertz CT molecular complexity index is 624. The molecule has 2 heterocycles. The predicted molar refractivity (Wildman–Crippen MR) is 96.2 cm³/mol. The third-order valence-electron chi connectivity index (χ3n) is 4.75. The Balaban J connectivity index is 1.79. The minimum atomic E-state index is -0.212. The van der Waals surface area contributed by atoms with Crippen LogP contribution in [-0.2, 0) is 6.54 Å². The second kappa shape index (κ2) is 8.33. The molecule has 1 aromatic heterocycles. The average molecular weight is 334 g/mol. The van der Waals surface area contributed by atoms with Gasteiger partial charge in [-0.05, 0) is 64.6 Å². The number of rotatable bonds is 5. The van der Waals surface area contributed by atoms with Crippen molar-refractivity contribution in [2.75, 3.05) is 19.6 Å². The molecule has 0 saturated carbocycles. The molecule has 6 heteroatoms. The summed E-state index contributed by atoms with van der Waals surface area (Å²) in [5.41, 5.74) is 2.21.